The van der Waals surface area contributed by atoms with Gasteiger partial charge >= 0.3 is 5.97 Å². The minimum atomic E-state index is -0.815. The number of nitrogens with one attached hydrogen (secondary N) is 1. The summed E-state index contributed by atoms with van der Waals surface area (Å²) >= 11 is 0. The number of carboxylic acid groups (broad SMARTS) is 1. The second-order valence-electron chi connectivity index (χ2n) is 5.27. The van der Waals surface area contributed by atoms with Gasteiger partial charge in [0.2, 0.25) is 0 Å². The zero-order chi connectivity index (χ0) is 15.8. The van der Waals surface area contributed by atoms with Gasteiger partial charge in [-0.25, -0.2) is 0 Å². The van der Waals surface area contributed by atoms with E-state index in [4.69, 9.17) is 5.11 Å². The van der Waals surface area contributed by atoms with Gasteiger partial charge in [-0.2, -0.15) is 0 Å². The molecule has 0 aliphatic rings. The number of aliphatic hydroxyl groups is 1. The predicted octanol–water partition coefficient (Wildman–Crippen LogP) is 2.60. The van der Waals surface area contributed by atoms with Gasteiger partial charge in [-0.3, -0.25) is 4.79 Å². The highest BCUT2D eigenvalue weighted by molar-refractivity contribution is 5.85. The maximum absolute atomic E-state index is 10.6. The van der Waals surface area contributed by atoms with Crippen LogP contribution in [0.4, 0.5) is 0 Å². The summed E-state index contributed by atoms with van der Waals surface area (Å²) in [6.45, 7) is 1.28. The molecular formula is C18H22ClNO3. The molecule has 23 heavy (non-hydrogen) atoms. The number of carbonyl (C=O) groups is 1. The third-order valence-electron chi connectivity index (χ3n) is 3.49. The number of benzene rings is 2. The normalized spacial score (nSPS) is 11.5. The standard InChI is InChI=1S/C18H21NO3.ClH/c20-17(16-4-2-1-3-5-16)13-19-11-10-14-6-8-15(9-7-14)12-18(21)22;/h1-9,17,19-20H,10-13H2,(H,21,22);1H. The Kier molecular flexibility index (Phi) is 8.33. The molecule has 0 aliphatic carbocycles. The summed E-state index contributed by atoms with van der Waals surface area (Å²) in [6, 6.07) is 17.2. The van der Waals surface area contributed by atoms with Crippen LogP contribution in [0.5, 0.6) is 0 Å². The van der Waals surface area contributed by atoms with E-state index in [1.807, 2.05) is 54.6 Å². The van der Waals surface area contributed by atoms with Gasteiger partial charge in [0.15, 0.2) is 0 Å². The first kappa shape index (κ1) is 19.2. The second kappa shape index (κ2) is 10.0. The number of rotatable bonds is 8. The van der Waals surface area contributed by atoms with Crippen LogP contribution in [0.3, 0.4) is 0 Å². The highest BCUT2D eigenvalue weighted by Gasteiger charge is 2.05. The largest absolute Gasteiger partial charge is 0.481 e. The van der Waals surface area contributed by atoms with Crippen LogP contribution in [0.2, 0.25) is 0 Å². The van der Waals surface area contributed by atoms with E-state index in [2.05, 4.69) is 5.32 Å². The number of carboxylic acids is 1. The van der Waals surface area contributed by atoms with Crippen LogP contribution in [-0.2, 0) is 17.6 Å². The Balaban J connectivity index is 0.00000264. The molecule has 1 atom stereocenters. The molecule has 5 heteroatoms. The van der Waals surface area contributed by atoms with Crippen molar-refractivity contribution in [3.63, 3.8) is 0 Å². The number of halogens is 1. The van der Waals surface area contributed by atoms with Gasteiger partial charge in [-0.05, 0) is 29.7 Å². The van der Waals surface area contributed by atoms with Gasteiger partial charge in [-0.15, -0.1) is 12.4 Å². The first-order valence-corrected chi connectivity index (χ1v) is 7.38. The van der Waals surface area contributed by atoms with Gasteiger partial charge < -0.3 is 15.5 Å². The van der Waals surface area contributed by atoms with Gasteiger partial charge in [0.1, 0.15) is 0 Å². The molecule has 0 bridgehead atoms. The molecule has 0 saturated heterocycles. The summed E-state index contributed by atoms with van der Waals surface area (Å²) in [5, 5.41) is 22.0. The number of hydrogen-bond donors (Lipinski definition) is 3. The van der Waals surface area contributed by atoms with Crippen molar-refractivity contribution in [2.24, 2.45) is 0 Å². The van der Waals surface area contributed by atoms with Crippen molar-refractivity contribution in [1.29, 1.82) is 0 Å². The summed E-state index contributed by atoms with van der Waals surface area (Å²) in [5.74, 6) is -0.815. The first-order valence-electron chi connectivity index (χ1n) is 7.38. The lowest BCUT2D eigenvalue weighted by atomic mass is 10.1. The minimum Gasteiger partial charge on any atom is -0.481 e. The molecule has 0 fully saturated rings. The van der Waals surface area contributed by atoms with Crippen molar-refractivity contribution in [2.45, 2.75) is 18.9 Å². The van der Waals surface area contributed by atoms with E-state index in [-0.39, 0.29) is 18.8 Å². The lowest BCUT2D eigenvalue weighted by Gasteiger charge is -2.12. The summed E-state index contributed by atoms with van der Waals surface area (Å²) in [5.41, 5.74) is 2.87. The molecule has 0 aromatic heterocycles. The minimum absolute atomic E-state index is 0. The van der Waals surface area contributed by atoms with Crippen LogP contribution < -0.4 is 5.32 Å². The maximum Gasteiger partial charge on any atom is 0.307 e. The molecular weight excluding hydrogens is 314 g/mol. The van der Waals surface area contributed by atoms with Gasteiger partial charge in [0.25, 0.3) is 0 Å². The van der Waals surface area contributed by atoms with Crippen molar-refractivity contribution in [3.8, 4) is 0 Å². The molecule has 1 unspecified atom stereocenters. The fourth-order valence-corrected chi connectivity index (χ4v) is 2.26. The Morgan fingerprint density at radius 3 is 2.22 bits per heavy atom. The van der Waals surface area contributed by atoms with E-state index in [0.29, 0.717) is 6.54 Å². The highest BCUT2D eigenvalue weighted by Crippen LogP contribution is 2.10. The average molecular weight is 336 g/mol. The molecule has 0 radical (unpaired) electrons. The lowest BCUT2D eigenvalue weighted by Crippen LogP contribution is -2.23. The third-order valence-corrected chi connectivity index (χ3v) is 3.49. The van der Waals surface area contributed by atoms with Crippen LogP contribution in [-0.4, -0.2) is 29.3 Å². The Bertz CT molecular complexity index is 587. The fourth-order valence-electron chi connectivity index (χ4n) is 2.26. The monoisotopic (exact) mass is 335 g/mol. The van der Waals surface area contributed by atoms with Crippen LogP contribution in [0, 0.1) is 0 Å². The van der Waals surface area contributed by atoms with E-state index in [9.17, 15) is 9.90 Å². The van der Waals surface area contributed by atoms with E-state index >= 15 is 0 Å². The van der Waals surface area contributed by atoms with Gasteiger partial charge in [0, 0.05) is 6.54 Å². The Morgan fingerprint density at radius 1 is 1.00 bits per heavy atom. The molecule has 0 spiro atoms. The van der Waals surface area contributed by atoms with Crippen LogP contribution >= 0.6 is 12.4 Å². The molecule has 0 heterocycles. The molecule has 0 saturated carbocycles. The molecule has 2 aromatic rings. The van der Waals surface area contributed by atoms with Gasteiger partial charge in [-0.1, -0.05) is 54.6 Å². The third kappa shape index (κ3) is 6.82. The summed E-state index contributed by atoms with van der Waals surface area (Å²) in [6.07, 6.45) is 0.399. The number of aliphatic hydroxyl groups excluding tert-OH is 1. The molecule has 0 amide bonds. The Labute approximate surface area is 142 Å². The summed E-state index contributed by atoms with van der Waals surface area (Å²) in [7, 11) is 0. The molecule has 4 nitrogen and oxygen atoms in total. The quantitative estimate of drug-likeness (QED) is 0.649. The second-order valence-corrected chi connectivity index (χ2v) is 5.27. The summed E-state index contributed by atoms with van der Waals surface area (Å²) in [4.78, 5) is 10.6. The zero-order valence-electron chi connectivity index (χ0n) is 12.8. The number of hydrogen-bond acceptors (Lipinski definition) is 3. The molecule has 2 rings (SSSR count). The van der Waals surface area contributed by atoms with Crippen molar-refractivity contribution >= 4 is 18.4 Å². The van der Waals surface area contributed by atoms with E-state index in [0.717, 1.165) is 29.7 Å². The first-order chi connectivity index (χ1) is 10.6. The molecule has 3 N–H and O–H groups in total. The van der Waals surface area contributed by atoms with Crippen LogP contribution in [0.25, 0.3) is 0 Å². The number of aliphatic carboxylic acids is 1. The van der Waals surface area contributed by atoms with Gasteiger partial charge in [0.05, 0.1) is 12.5 Å². The molecule has 124 valence electrons. The average Bonchev–Trinajstić information content (AvgIpc) is 2.53. The SMILES string of the molecule is Cl.O=C(O)Cc1ccc(CCNCC(O)c2ccccc2)cc1. The Hall–Kier alpha value is -1.88. The van der Waals surface area contributed by atoms with Crippen LogP contribution in [0.15, 0.2) is 54.6 Å². The van der Waals surface area contributed by atoms with E-state index in [1.165, 1.54) is 0 Å². The summed E-state index contributed by atoms with van der Waals surface area (Å²) < 4.78 is 0. The van der Waals surface area contributed by atoms with E-state index in [1.54, 1.807) is 0 Å². The zero-order valence-corrected chi connectivity index (χ0v) is 13.6. The van der Waals surface area contributed by atoms with Crippen molar-refractivity contribution < 1.29 is 15.0 Å². The highest BCUT2D eigenvalue weighted by atomic mass is 35.5. The van der Waals surface area contributed by atoms with Crippen LogP contribution in [0.1, 0.15) is 22.8 Å². The topological polar surface area (TPSA) is 69.6 Å². The van der Waals surface area contributed by atoms with Crippen molar-refractivity contribution in [3.05, 3.63) is 71.3 Å². The molecule has 2 aromatic carbocycles. The maximum atomic E-state index is 10.6. The van der Waals surface area contributed by atoms with E-state index < -0.39 is 12.1 Å². The predicted molar refractivity (Wildman–Crippen MR) is 93.0 cm³/mol. The smallest absolute Gasteiger partial charge is 0.307 e. The Morgan fingerprint density at radius 2 is 1.61 bits per heavy atom. The van der Waals surface area contributed by atoms with Crippen molar-refractivity contribution in [2.75, 3.05) is 13.1 Å². The van der Waals surface area contributed by atoms with Crippen molar-refractivity contribution in [1.82, 2.24) is 5.32 Å². The fraction of sp³-hybridized carbons (Fsp3) is 0.278. The molecule has 0 aliphatic heterocycles. The lowest BCUT2D eigenvalue weighted by molar-refractivity contribution is -0.136.